The molecule has 2 heterocycles. The summed E-state index contributed by atoms with van der Waals surface area (Å²) >= 11 is 0. The van der Waals surface area contributed by atoms with Gasteiger partial charge in [-0.2, -0.15) is 0 Å². The molecule has 0 radical (unpaired) electrons. The Kier molecular flexibility index (Phi) is 8.56. The van der Waals surface area contributed by atoms with E-state index in [9.17, 15) is 18.8 Å². The van der Waals surface area contributed by atoms with Crippen molar-refractivity contribution in [2.75, 3.05) is 13.1 Å². The van der Waals surface area contributed by atoms with E-state index in [0.717, 1.165) is 5.56 Å². The Hall–Kier alpha value is -4.66. The molecular weight excluding hydrogens is 535 g/mol. The van der Waals surface area contributed by atoms with E-state index < -0.39 is 12.1 Å². The number of halogens is 1. The van der Waals surface area contributed by atoms with Gasteiger partial charge in [0.05, 0.1) is 23.9 Å². The number of carbonyl (C=O) groups excluding carboxylic acids is 3. The molecule has 0 saturated carbocycles. The van der Waals surface area contributed by atoms with Crippen LogP contribution in [0, 0.1) is 11.7 Å². The summed E-state index contributed by atoms with van der Waals surface area (Å²) < 4.78 is 19.4. The first-order chi connectivity index (χ1) is 20.2. The predicted octanol–water partition coefficient (Wildman–Crippen LogP) is 5.53. The molecule has 3 aromatic carbocycles. The van der Waals surface area contributed by atoms with Crippen molar-refractivity contribution in [3.63, 3.8) is 0 Å². The Morgan fingerprint density at radius 1 is 1.02 bits per heavy atom. The first-order valence-electron chi connectivity index (χ1n) is 14.2. The lowest BCUT2D eigenvalue weighted by atomic mass is 9.95. The molecule has 2 aliphatic rings. The molecule has 2 aliphatic heterocycles. The van der Waals surface area contributed by atoms with Crippen LogP contribution in [0.2, 0.25) is 0 Å². The van der Waals surface area contributed by atoms with Crippen LogP contribution in [0.15, 0.2) is 90.1 Å². The zero-order valence-electron chi connectivity index (χ0n) is 24.0. The van der Waals surface area contributed by atoms with E-state index >= 15 is 0 Å². The maximum absolute atomic E-state index is 14.1. The van der Waals surface area contributed by atoms with Crippen molar-refractivity contribution in [3.8, 4) is 11.5 Å². The normalized spacial score (nSPS) is 17.3. The molecule has 0 fully saturated rings. The number of nitrogens with one attached hydrogen (secondary N) is 2. The van der Waals surface area contributed by atoms with Crippen LogP contribution < -0.4 is 15.4 Å². The number of hydrogen-bond donors (Lipinski definition) is 2. The molecule has 0 spiro atoms. The second kappa shape index (κ2) is 12.5. The molecule has 2 atom stereocenters. The van der Waals surface area contributed by atoms with Gasteiger partial charge in [0.1, 0.15) is 23.4 Å². The van der Waals surface area contributed by atoms with Gasteiger partial charge in [0.15, 0.2) is 0 Å². The number of amides is 4. The second-order valence-electron chi connectivity index (χ2n) is 10.9. The van der Waals surface area contributed by atoms with Crippen LogP contribution in [0.4, 0.5) is 9.18 Å². The summed E-state index contributed by atoms with van der Waals surface area (Å²) in [6, 6.07) is 20.9. The Balaban J connectivity index is 1.42. The summed E-state index contributed by atoms with van der Waals surface area (Å²) in [6.07, 6.45) is 0.445. The van der Waals surface area contributed by atoms with Crippen molar-refractivity contribution in [1.82, 2.24) is 20.4 Å². The van der Waals surface area contributed by atoms with Crippen LogP contribution in [-0.2, 0) is 16.1 Å². The quantitative estimate of drug-likeness (QED) is 0.335. The molecule has 8 nitrogen and oxygen atoms in total. The van der Waals surface area contributed by atoms with Crippen LogP contribution in [0.25, 0.3) is 0 Å². The van der Waals surface area contributed by atoms with Crippen molar-refractivity contribution in [1.29, 1.82) is 0 Å². The number of benzene rings is 3. The van der Waals surface area contributed by atoms with E-state index in [0.29, 0.717) is 41.3 Å². The maximum atomic E-state index is 14.1. The molecule has 2 N–H and O–H groups in total. The smallest absolute Gasteiger partial charge is 0.322 e. The fourth-order valence-corrected chi connectivity index (χ4v) is 5.46. The number of nitrogens with zero attached hydrogens (tertiary/aromatic N) is 2. The van der Waals surface area contributed by atoms with E-state index in [1.807, 2.05) is 75.4 Å². The van der Waals surface area contributed by atoms with Gasteiger partial charge in [0.25, 0.3) is 5.91 Å². The maximum Gasteiger partial charge on any atom is 0.322 e. The fraction of sp³-hybridized carbons (Fsp3) is 0.303. The van der Waals surface area contributed by atoms with Gasteiger partial charge in [0.2, 0.25) is 5.91 Å². The third kappa shape index (κ3) is 6.15. The highest BCUT2D eigenvalue weighted by Crippen LogP contribution is 2.38. The van der Waals surface area contributed by atoms with Gasteiger partial charge in [-0.05, 0) is 66.8 Å². The molecule has 0 saturated heterocycles. The van der Waals surface area contributed by atoms with Gasteiger partial charge in [-0.1, -0.05) is 56.3 Å². The molecule has 4 amide bonds. The zero-order chi connectivity index (χ0) is 29.8. The second-order valence-corrected chi connectivity index (χ2v) is 10.9. The van der Waals surface area contributed by atoms with Gasteiger partial charge in [-0.3, -0.25) is 14.5 Å². The summed E-state index contributed by atoms with van der Waals surface area (Å²) in [5.74, 6) is 0.446. The van der Waals surface area contributed by atoms with E-state index in [1.54, 1.807) is 21.9 Å². The van der Waals surface area contributed by atoms with Gasteiger partial charge >= 0.3 is 6.03 Å². The summed E-state index contributed by atoms with van der Waals surface area (Å²) in [4.78, 5) is 44.0. The molecule has 0 aliphatic carbocycles. The molecule has 42 heavy (non-hydrogen) atoms. The molecule has 9 heteroatoms. The lowest BCUT2D eigenvalue weighted by molar-refractivity contribution is -0.137. The highest BCUT2D eigenvalue weighted by atomic mass is 19.1. The van der Waals surface area contributed by atoms with Crippen LogP contribution >= 0.6 is 0 Å². The number of ether oxygens (including phenoxy) is 1. The van der Waals surface area contributed by atoms with Crippen molar-refractivity contribution in [2.45, 2.75) is 45.8 Å². The number of carbonyl (C=O) groups is 3. The first kappa shape index (κ1) is 28.9. The third-order valence-corrected chi connectivity index (χ3v) is 7.49. The molecule has 0 unspecified atom stereocenters. The van der Waals surface area contributed by atoms with Crippen LogP contribution in [-0.4, -0.2) is 46.8 Å². The number of likely N-dealkylation sites (N-methyl/N-ethyl adjacent to an activating group) is 1. The minimum absolute atomic E-state index is 0.127. The predicted molar refractivity (Wildman–Crippen MR) is 157 cm³/mol. The lowest BCUT2D eigenvalue weighted by Gasteiger charge is -2.33. The minimum Gasteiger partial charge on any atom is -0.457 e. The summed E-state index contributed by atoms with van der Waals surface area (Å²) in [5.41, 5.74) is 2.51. The Labute approximate surface area is 245 Å². The number of para-hydroxylation sites is 1. The molecule has 0 aromatic heterocycles. The van der Waals surface area contributed by atoms with E-state index in [-0.39, 0.29) is 42.7 Å². The Bertz CT molecular complexity index is 1490. The Morgan fingerprint density at radius 3 is 2.43 bits per heavy atom. The number of hydrogen-bond acceptors (Lipinski definition) is 4. The molecular formula is C33H35FN4O4. The molecule has 3 aromatic rings. The zero-order valence-corrected chi connectivity index (χ0v) is 24.0. The molecule has 5 rings (SSSR count). The highest BCUT2D eigenvalue weighted by molar-refractivity contribution is 6.03. The lowest BCUT2D eigenvalue weighted by Crippen LogP contribution is -2.49. The average molecular weight is 571 g/mol. The third-order valence-electron chi connectivity index (χ3n) is 7.49. The average Bonchev–Trinajstić information content (AvgIpc) is 3.32. The van der Waals surface area contributed by atoms with Crippen LogP contribution in [0.3, 0.4) is 0 Å². The van der Waals surface area contributed by atoms with Crippen molar-refractivity contribution in [3.05, 3.63) is 107 Å². The fourth-order valence-electron chi connectivity index (χ4n) is 5.46. The highest BCUT2D eigenvalue weighted by Gasteiger charge is 2.46. The standard InChI is InChI=1S/C33H35FN4O4/c1-4-37-28-20-38(27(17-21(2)3)31(39)35-19-22-13-15-24(34)16-14-22)32(40)29(28)30(36-33(37)41)23-9-8-12-26(18-23)42-25-10-6-5-7-11-25/h5-16,18,21,27,30H,4,17,19-20H2,1-3H3,(H,35,39)(H,36,41)/t27-,30-/m0/s1. The molecule has 218 valence electrons. The largest absolute Gasteiger partial charge is 0.457 e. The van der Waals surface area contributed by atoms with Crippen molar-refractivity contribution < 1.29 is 23.5 Å². The van der Waals surface area contributed by atoms with Crippen LogP contribution in [0.1, 0.15) is 44.4 Å². The number of rotatable bonds is 10. The summed E-state index contributed by atoms with van der Waals surface area (Å²) in [6.45, 7) is 6.58. The Morgan fingerprint density at radius 2 is 1.74 bits per heavy atom. The van der Waals surface area contributed by atoms with Gasteiger partial charge < -0.3 is 20.3 Å². The van der Waals surface area contributed by atoms with Gasteiger partial charge in [-0.15, -0.1) is 0 Å². The minimum atomic E-state index is -0.745. The van der Waals surface area contributed by atoms with E-state index in [2.05, 4.69) is 10.6 Å². The topological polar surface area (TPSA) is 91.0 Å². The molecule has 0 bridgehead atoms. The first-order valence-corrected chi connectivity index (χ1v) is 14.2. The summed E-state index contributed by atoms with van der Waals surface area (Å²) in [5, 5.41) is 5.93. The SMILES string of the molecule is CCN1C(=O)N[C@@H](c2cccc(Oc3ccccc3)c2)C2=C1CN([C@@H](CC(C)C)C(=O)NCc1ccc(F)cc1)C2=O. The van der Waals surface area contributed by atoms with Gasteiger partial charge in [0, 0.05) is 13.1 Å². The summed E-state index contributed by atoms with van der Waals surface area (Å²) in [7, 11) is 0. The monoisotopic (exact) mass is 570 g/mol. The van der Waals surface area contributed by atoms with Crippen molar-refractivity contribution >= 4 is 17.8 Å². The van der Waals surface area contributed by atoms with E-state index in [1.165, 1.54) is 12.1 Å². The van der Waals surface area contributed by atoms with Crippen molar-refractivity contribution in [2.24, 2.45) is 5.92 Å². The number of urea groups is 1. The van der Waals surface area contributed by atoms with Crippen LogP contribution in [0.5, 0.6) is 11.5 Å². The van der Waals surface area contributed by atoms with E-state index in [4.69, 9.17) is 4.74 Å². The van der Waals surface area contributed by atoms with Gasteiger partial charge in [-0.25, -0.2) is 9.18 Å².